The zero-order valence-electron chi connectivity index (χ0n) is 11.8. The Labute approximate surface area is 102 Å². The summed E-state index contributed by atoms with van der Waals surface area (Å²) in [6.45, 7) is 11.2. The lowest BCUT2D eigenvalue weighted by Crippen LogP contribution is -2.15. The molecule has 0 fully saturated rings. The molecule has 0 rings (SSSR count). The molecular formula is C15H30O. The summed E-state index contributed by atoms with van der Waals surface area (Å²) in [6.07, 6.45) is 9.44. The Morgan fingerprint density at radius 1 is 1.25 bits per heavy atom. The van der Waals surface area contributed by atoms with Crippen molar-refractivity contribution in [2.24, 2.45) is 11.3 Å². The van der Waals surface area contributed by atoms with Crippen LogP contribution in [0, 0.1) is 11.3 Å². The Morgan fingerprint density at radius 3 is 2.38 bits per heavy atom. The zero-order valence-corrected chi connectivity index (χ0v) is 11.8. The fourth-order valence-electron chi connectivity index (χ4n) is 2.19. The van der Waals surface area contributed by atoms with Crippen LogP contribution in [0.2, 0.25) is 0 Å². The second-order valence-electron chi connectivity index (χ2n) is 6.24. The molecule has 0 radical (unpaired) electrons. The lowest BCUT2D eigenvalue weighted by molar-refractivity contribution is 0.171. The molecule has 1 heteroatoms. The minimum Gasteiger partial charge on any atom is -0.389 e. The van der Waals surface area contributed by atoms with Gasteiger partial charge in [0, 0.05) is 0 Å². The molecule has 0 aromatic carbocycles. The maximum absolute atomic E-state index is 9.83. The first-order valence-corrected chi connectivity index (χ1v) is 6.70. The van der Waals surface area contributed by atoms with E-state index < -0.39 is 0 Å². The highest BCUT2D eigenvalue weighted by Crippen LogP contribution is 2.26. The molecule has 0 aliphatic heterocycles. The second-order valence-corrected chi connectivity index (χ2v) is 6.24. The van der Waals surface area contributed by atoms with Crippen molar-refractivity contribution in [3.63, 3.8) is 0 Å². The van der Waals surface area contributed by atoms with Crippen LogP contribution in [0.1, 0.15) is 66.7 Å². The van der Waals surface area contributed by atoms with Gasteiger partial charge in [-0.2, -0.15) is 0 Å². The van der Waals surface area contributed by atoms with E-state index in [0.29, 0.717) is 11.3 Å². The van der Waals surface area contributed by atoms with Crippen molar-refractivity contribution in [3.05, 3.63) is 12.2 Å². The number of hydrogen-bond donors (Lipinski definition) is 1. The Hall–Kier alpha value is -0.300. The summed E-state index contributed by atoms with van der Waals surface area (Å²) >= 11 is 0. The standard InChI is InChI=1S/C15H30O/c1-6-7-8-9-10-14(16)11-13(2)12-15(3,4)5/h9-10,13-14,16H,6-8,11-12H2,1-5H3. The van der Waals surface area contributed by atoms with Crippen molar-refractivity contribution in [2.45, 2.75) is 72.8 Å². The van der Waals surface area contributed by atoms with Gasteiger partial charge in [0.15, 0.2) is 0 Å². The Bertz CT molecular complexity index is 188. The summed E-state index contributed by atoms with van der Waals surface area (Å²) in [5.74, 6) is 0.589. The van der Waals surface area contributed by atoms with Gasteiger partial charge in [0.2, 0.25) is 0 Å². The molecule has 1 nitrogen and oxygen atoms in total. The fourth-order valence-corrected chi connectivity index (χ4v) is 2.19. The van der Waals surface area contributed by atoms with Gasteiger partial charge in [-0.15, -0.1) is 0 Å². The molecular weight excluding hydrogens is 196 g/mol. The number of hydrogen-bond acceptors (Lipinski definition) is 1. The molecule has 16 heavy (non-hydrogen) atoms. The maximum Gasteiger partial charge on any atom is 0.0723 e. The van der Waals surface area contributed by atoms with Crippen LogP contribution >= 0.6 is 0 Å². The zero-order chi connectivity index (χ0) is 12.6. The van der Waals surface area contributed by atoms with E-state index in [1.54, 1.807) is 0 Å². The number of aliphatic hydroxyl groups excluding tert-OH is 1. The smallest absolute Gasteiger partial charge is 0.0723 e. The molecule has 2 unspecified atom stereocenters. The van der Waals surface area contributed by atoms with Crippen molar-refractivity contribution < 1.29 is 5.11 Å². The van der Waals surface area contributed by atoms with Gasteiger partial charge in [-0.3, -0.25) is 0 Å². The van der Waals surface area contributed by atoms with Crippen molar-refractivity contribution in [1.82, 2.24) is 0 Å². The Kier molecular flexibility index (Phi) is 7.74. The number of allylic oxidation sites excluding steroid dienone is 1. The molecule has 0 bridgehead atoms. The second kappa shape index (κ2) is 7.89. The summed E-state index contributed by atoms with van der Waals surface area (Å²) in [5.41, 5.74) is 0.366. The molecule has 0 aromatic heterocycles. The van der Waals surface area contributed by atoms with Gasteiger partial charge in [-0.25, -0.2) is 0 Å². The topological polar surface area (TPSA) is 20.2 Å². The van der Waals surface area contributed by atoms with Gasteiger partial charge in [0.05, 0.1) is 6.10 Å². The summed E-state index contributed by atoms with van der Waals surface area (Å²) in [7, 11) is 0. The maximum atomic E-state index is 9.83. The van der Waals surface area contributed by atoms with E-state index in [2.05, 4.69) is 40.7 Å². The SMILES string of the molecule is CCCCC=CC(O)CC(C)CC(C)(C)C. The van der Waals surface area contributed by atoms with Crippen molar-refractivity contribution in [1.29, 1.82) is 0 Å². The first-order valence-electron chi connectivity index (χ1n) is 6.70. The average molecular weight is 226 g/mol. The van der Waals surface area contributed by atoms with Crippen LogP contribution in [0.4, 0.5) is 0 Å². The first kappa shape index (κ1) is 15.7. The number of unbranched alkanes of at least 4 members (excludes halogenated alkanes) is 2. The third-order valence-corrected chi connectivity index (χ3v) is 2.69. The number of aliphatic hydroxyl groups is 1. The molecule has 2 atom stereocenters. The molecule has 0 saturated heterocycles. The summed E-state index contributed by atoms with van der Waals surface area (Å²) in [6, 6.07) is 0. The van der Waals surface area contributed by atoms with Crippen molar-refractivity contribution in [3.8, 4) is 0 Å². The van der Waals surface area contributed by atoms with Crippen LogP contribution in [-0.2, 0) is 0 Å². The minimum atomic E-state index is -0.255. The third kappa shape index (κ3) is 10.2. The van der Waals surface area contributed by atoms with Crippen LogP contribution in [0.5, 0.6) is 0 Å². The first-order chi connectivity index (χ1) is 7.35. The molecule has 0 amide bonds. The van der Waals surface area contributed by atoms with Crippen LogP contribution in [-0.4, -0.2) is 11.2 Å². The highest BCUT2D eigenvalue weighted by atomic mass is 16.3. The van der Waals surface area contributed by atoms with E-state index in [0.717, 1.165) is 12.8 Å². The van der Waals surface area contributed by atoms with E-state index >= 15 is 0 Å². The molecule has 1 N–H and O–H groups in total. The van der Waals surface area contributed by atoms with Gasteiger partial charge in [0.25, 0.3) is 0 Å². The quantitative estimate of drug-likeness (QED) is 0.498. The summed E-state index contributed by atoms with van der Waals surface area (Å²) < 4.78 is 0. The normalized spacial score (nSPS) is 16.6. The van der Waals surface area contributed by atoms with Crippen LogP contribution < -0.4 is 0 Å². The van der Waals surface area contributed by atoms with E-state index in [9.17, 15) is 5.11 Å². The van der Waals surface area contributed by atoms with Gasteiger partial charge in [-0.05, 0) is 30.6 Å². The lowest BCUT2D eigenvalue weighted by atomic mass is 9.83. The summed E-state index contributed by atoms with van der Waals surface area (Å²) in [5, 5.41) is 9.83. The van der Waals surface area contributed by atoms with Crippen LogP contribution in [0.3, 0.4) is 0 Å². The molecule has 96 valence electrons. The van der Waals surface area contributed by atoms with E-state index in [4.69, 9.17) is 0 Å². The minimum absolute atomic E-state index is 0.255. The average Bonchev–Trinajstić information content (AvgIpc) is 2.09. The number of rotatable bonds is 7. The highest BCUT2D eigenvalue weighted by molar-refractivity contribution is 4.89. The Morgan fingerprint density at radius 2 is 1.88 bits per heavy atom. The van der Waals surface area contributed by atoms with Crippen LogP contribution in [0.25, 0.3) is 0 Å². The molecule has 0 saturated carbocycles. The summed E-state index contributed by atoms with van der Waals surface area (Å²) in [4.78, 5) is 0. The lowest BCUT2D eigenvalue weighted by Gasteiger charge is -2.24. The third-order valence-electron chi connectivity index (χ3n) is 2.69. The molecule has 0 heterocycles. The molecule has 0 aliphatic rings. The Balaban J connectivity index is 3.77. The van der Waals surface area contributed by atoms with Crippen LogP contribution in [0.15, 0.2) is 12.2 Å². The van der Waals surface area contributed by atoms with Gasteiger partial charge >= 0.3 is 0 Å². The van der Waals surface area contributed by atoms with E-state index in [-0.39, 0.29) is 6.10 Å². The van der Waals surface area contributed by atoms with E-state index in [1.165, 1.54) is 19.3 Å². The highest BCUT2D eigenvalue weighted by Gasteiger charge is 2.16. The molecule has 0 aliphatic carbocycles. The van der Waals surface area contributed by atoms with Gasteiger partial charge in [-0.1, -0.05) is 59.6 Å². The largest absolute Gasteiger partial charge is 0.389 e. The van der Waals surface area contributed by atoms with Crippen molar-refractivity contribution in [2.75, 3.05) is 0 Å². The van der Waals surface area contributed by atoms with Gasteiger partial charge in [0.1, 0.15) is 0 Å². The van der Waals surface area contributed by atoms with Crippen molar-refractivity contribution >= 4 is 0 Å². The predicted octanol–water partition coefficient (Wildman–Crippen LogP) is 4.56. The van der Waals surface area contributed by atoms with Gasteiger partial charge < -0.3 is 5.11 Å². The fraction of sp³-hybridized carbons (Fsp3) is 0.867. The molecule has 0 spiro atoms. The predicted molar refractivity (Wildman–Crippen MR) is 72.5 cm³/mol. The van der Waals surface area contributed by atoms with E-state index in [1.807, 2.05) is 6.08 Å². The monoisotopic (exact) mass is 226 g/mol. The molecule has 0 aromatic rings.